The highest BCUT2D eigenvalue weighted by Crippen LogP contribution is 2.34. The molecule has 0 saturated carbocycles. The third kappa shape index (κ3) is 8.52. The number of non-ortho nitro benzene ring substituents is 1. The molecule has 12 heteroatoms. The molecular formula is C35H38Cl2N4O6. The number of aromatic nitrogens is 1. The highest BCUT2D eigenvalue weighted by atomic mass is 35.5. The van der Waals surface area contributed by atoms with E-state index in [4.69, 9.17) is 9.47 Å². The summed E-state index contributed by atoms with van der Waals surface area (Å²) in [7, 11) is 1.23. The lowest BCUT2D eigenvalue weighted by Gasteiger charge is -2.39. The van der Waals surface area contributed by atoms with E-state index in [1.807, 2.05) is 12.1 Å². The van der Waals surface area contributed by atoms with Crippen LogP contribution in [0.4, 0.5) is 5.69 Å². The molecule has 0 N–H and O–H groups in total. The Balaban J connectivity index is 0.00000300. The minimum atomic E-state index is -0.697. The predicted molar refractivity (Wildman–Crippen MR) is 185 cm³/mol. The minimum absolute atomic E-state index is 0. The summed E-state index contributed by atoms with van der Waals surface area (Å²) in [5.41, 5.74) is 3.72. The third-order valence-corrected chi connectivity index (χ3v) is 8.14. The van der Waals surface area contributed by atoms with Crippen molar-refractivity contribution in [2.45, 2.75) is 19.9 Å². The van der Waals surface area contributed by atoms with Gasteiger partial charge in [0.25, 0.3) is 5.69 Å². The van der Waals surface area contributed by atoms with Crippen molar-refractivity contribution in [2.24, 2.45) is 0 Å². The quantitative estimate of drug-likeness (QED) is 0.106. The molecule has 0 aliphatic carbocycles. The monoisotopic (exact) mass is 680 g/mol. The molecule has 0 bridgehead atoms. The number of benzene rings is 3. The van der Waals surface area contributed by atoms with Crippen molar-refractivity contribution in [2.75, 3.05) is 46.4 Å². The molecule has 10 nitrogen and oxygen atoms in total. The second-order valence-electron chi connectivity index (χ2n) is 10.9. The first-order valence-corrected chi connectivity index (χ1v) is 14.9. The Kier molecular flexibility index (Phi) is 13.4. The Morgan fingerprint density at radius 2 is 1.38 bits per heavy atom. The number of piperazine rings is 1. The van der Waals surface area contributed by atoms with Gasteiger partial charge < -0.3 is 9.47 Å². The van der Waals surface area contributed by atoms with E-state index in [-0.39, 0.29) is 59.8 Å². The molecule has 3 aromatic carbocycles. The molecule has 0 radical (unpaired) electrons. The molecule has 1 aromatic heterocycles. The first-order chi connectivity index (χ1) is 21.8. The molecular weight excluding hydrogens is 643 g/mol. The number of hydrogen-bond acceptors (Lipinski definition) is 9. The number of hydrogen-bond donors (Lipinski definition) is 0. The van der Waals surface area contributed by atoms with Gasteiger partial charge >= 0.3 is 11.9 Å². The van der Waals surface area contributed by atoms with Gasteiger partial charge in [-0.3, -0.25) is 24.9 Å². The van der Waals surface area contributed by atoms with Crippen LogP contribution in [0.3, 0.4) is 0 Å². The number of nitro benzene ring substituents is 1. The molecule has 0 unspecified atom stereocenters. The fourth-order valence-corrected chi connectivity index (χ4v) is 5.98. The van der Waals surface area contributed by atoms with Gasteiger partial charge in [-0.15, -0.1) is 24.8 Å². The van der Waals surface area contributed by atoms with Crippen LogP contribution in [0.5, 0.6) is 0 Å². The molecule has 4 aromatic rings. The van der Waals surface area contributed by atoms with Crippen molar-refractivity contribution in [3.8, 4) is 11.1 Å². The Morgan fingerprint density at radius 1 is 0.830 bits per heavy atom. The summed E-state index contributed by atoms with van der Waals surface area (Å²) in [6, 6.07) is 27.0. The molecule has 1 aliphatic rings. The number of nitrogens with zero attached hydrogens (tertiary/aromatic N) is 4. The predicted octanol–water partition coefficient (Wildman–Crippen LogP) is 6.47. The molecule has 0 amide bonds. The molecule has 1 saturated heterocycles. The summed E-state index contributed by atoms with van der Waals surface area (Å²) in [5, 5.41) is 11.5. The molecule has 5 rings (SSSR count). The lowest BCUT2D eigenvalue weighted by atomic mass is 9.92. The second kappa shape index (κ2) is 17.0. The number of methoxy groups -OCH3 is 1. The summed E-state index contributed by atoms with van der Waals surface area (Å²) in [6.45, 7) is 7.28. The first-order valence-electron chi connectivity index (χ1n) is 14.9. The maximum atomic E-state index is 13.6. The molecule has 1 aliphatic heterocycles. The number of ether oxygens (including phenoxy) is 2. The van der Waals surface area contributed by atoms with E-state index in [9.17, 15) is 19.7 Å². The zero-order valence-electron chi connectivity index (χ0n) is 26.5. The number of carbonyl (C=O) groups excluding carboxylic acids is 2. The number of pyridine rings is 1. The normalized spacial score (nSPS) is 13.3. The number of aryl methyl sites for hydroxylation is 2. The summed E-state index contributed by atoms with van der Waals surface area (Å²) >= 11 is 0. The zero-order chi connectivity index (χ0) is 31.9. The lowest BCUT2D eigenvalue weighted by Crippen LogP contribution is -2.48. The van der Waals surface area contributed by atoms with Gasteiger partial charge in [-0.1, -0.05) is 72.8 Å². The fraction of sp³-hybridized carbons (Fsp3) is 0.286. The first kappa shape index (κ1) is 37.1. The molecule has 248 valence electrons. The Hall–Kier alpha value is -4.35. The maximum Gasteiger partial charge on any atom is 0.340 e. The second-order valence-corrected chi connectivity index (χ2v) is 10.9. The highest BCUT2D eigenvalue weighted by Gasteiger charge is 2.29. The van der Waals surface area contributed by atoms with Crippen LogP contribution in [-0.4, -0.2) is 78.1 Å². The van der Waals surface area contributed by atoms with Crippen LogP contribution in [0.25, 0.3) is 11.1 Å². The van der Waals surface area contributed by atoms with Gasteiger partial charge in [0.1, 0.15) is 6.61 Å². The van der Waals surface area contributed by atoms with Gasteiger partial charge in [-0.2, -0.15) is 0 Å². The number of carbonyl (C=O) groups is 2. The number of nitro groups is 1. The zero-order valence-corrected chi connectivity index (χ0v) is 28.1. The highest BCUT2D eigenvalue weighted by molar-refractivity contribution is 6.07. The van der Waals surface area contributed by atoms with E-state index in [0.29, 0.717) is 23.5 Å². The van der Waals surface area contributed by atoms with E-state index in [0.717, 1.165) is 26.2 Å². The van der Waals surface area contributed by atoms with Crippen LogP contribution in [-0.2, 0) is 9.47 Å². The third-order valence-electron chi connectivity index (χ3n) is 8.14. The molecule has 2 heterocycles. The average molecular weight is 682 g/mol. The van der Waals surface area contributed by atoms with Crippen LogP contribution in [0.2, 0.25) is 0 Å². The average Bonchev–Trinajstić information content (AvgIpc) is 3.06. The largest absolute Gasteiger partial charge is 0.465 e. The van der Waals surface area contributed by atoms with Gasteiger partial charge in [0.05, 0.1) is 40.6 Å². The smallest absolute Gasteiger partial charge is 0.340 e. The summed E-state index contributed by atoms with van der Waals surface area (Å²) in [6.07, 6.45) is 0. The van der Waals surface area contributed by atoms with Gasteiger partial charge in [0.15, 0.2) is 0 Å². The van der Waals surface area contributed by atoms with Gasteiger partial charge in [0, 0.05) is 50.4 Å². The maximum absolute atomic E-state index is 13.6. The van der Waals surface area contributed by atoms with Crippen molar-refractivity contribution < 1.29 is 24.0 Å². The Morgan fingerprint density at radius 3 is 1.91 bits per heavy atom. The van der Waals surface area contributed by atoms with Crippen molar-refractivity contribution in [1.29, 1.82) is 0 Å². The molecule has 0 spiro atoms. The summed E-state index contributed by atoms with van der Waals surface area (Å²) in [5.74, 6) is -1.35. The number of halogens is 2. The lowest BCUT2D eigenvalue weighted by molar-refractivity contribution is -0.384. The topological polar surface area (TPSA) is 115 Å². The summed E-state index contributed by atoms with van der Waals surface area (Å²) in [4.78, 5) is 46.6. The molecule has 0 atom stereocenters. The van der Waals surface area contributed by atoms with E-state index >= 15 is 0 Å². The molecule has 47 heavy (non-hydrogen) atoms. The Bertz CT molecular complexity index is 1640. The van der Waals surface area contributed by atoms with Crippen LogP contribution < -0.4 is 0 Å². The van der Waals surface area contributed by atoms with Crippen molar-refractivity contribution in [3.63, 3.8) is 0 Å². The summed E-state index contributed by atoms with van der Waals surface area (Å²) < 4.78 is 10.8. The SMILES string of the molecule is COC(=O)c1c(C)nc(C)c(C(=O)OCCN2CCN(C(c3ccccc3)c3ccccc3)CC2)c1-c1cccc([N+](=O)[O-])c1.Cl.Cl. The van der Waals surface area contributed by atoms with Crippen LogP contribution >= 0.6 is 24.8 Å². The van der Waals surface area contributed by atoms with Gasteiger partial charge in [-0.05, 0) is 30.5 Å². The number of rotatable bonds is 10. The molecule has 1 fully saturated rings. The van der Waals surface area contributed by atoms with Crippen molar-refractivity contribution in [1.82, 2.24) is 14.8 Å². The van der Waals surface area contributed by atoms with E-state index in [1.54, 1.807) is 19.9 Å². The van der Waals surface area contributed by atoms with Crippen LogP contribution in [0, 0.1) is 24.0 Å². The van der Waals surface area contributed by atoms with E-state index < -0.39 is 16.9 Å². The Labute approximate surface area is 286 Å². The van der Waals surface area contributed by atoms with Gasteiger partial charge in [-0.25, -0.2) is 9.59 Å². The van der Waals surface area contributed by atoms with E-state index in [1.165, 1.54) is 36.4 Å². The standard InChI is InChI=1S/C35H36N4O6.2ClH/c1-24-30(34(40)44-3)32(28-15-10-16-29(23-28)39(42)43)31(25(2)36-24)35(41)45-22-21-37-17-19-38(20-18-37)33(26-11-6-4-7-12-26)27-13-8-5-9-14-27;;/h4-16,23,33H,17-22H2,1-3H3;2*1H. The van der Waals surface area contributed by atoms with Crippen molar-refractivity contribution >= 4 is 42.4 Å². The minimum Gasteiger partial charge on any atom is -0.465 e. The van der Waals surface area contributed by atoms with Crippen molar-refractivity contribution in [3.05, 3.63) is 129 Å². The van der Waals surface area contributed by atoms with Crippen LogP contribution in [0.15, 0.2) is 84.9 Å². The number of esters is 2. The van der Waals surface area contributed by atoms with E-state index in [2.05, 4.69) is 63.3 Å². The van der Waals surface area contributed by atoms with Gasteiger partial charge in [0.2, 0.25) is 0 Å². The fourth-order valence-electron chi connectivity index (χ4n) is 5.98. The van der Waals surface area contributed by atoms with Crippen LogP contribution in [0.1, 0.15) is 49.3 Å².